The Bertz CT molecular complexity index is 1030. The van der Waals surface area contributed by atoms with Gasteiger partial charge in [0, 0.05) is 23.2 Å². The van der Waals surface area contributed by atoms with Crippen LogP contribution in [0.25, 0.3) is 0 Å². The number of hydrogen-bond donors (Lipinski definition) is 0. The highest BCUT2D eigenvalue weighted by Crippen LogP contribution is 2.36. The number of para-hydroxylation sites is 1. The smallest absolute Gasteiger partial charge is 0.241 e. The Kier molecular flexibility index (Phi) is 7.51. The van der Waals surface area contributed by atoms with Crippen molar-refractivity contribution in [3.05, 3.63) is 60.7 Å². The van der Waals surface area contributed by atoms with Crippen molar-refractivity contribution in [2.45, 2.75) is 25.7 Å². The lowest BCUT2D eigenvalue weighted by Gasteiger charge is -2.34. The van der Waals surface area contributed by atoms with Gasteiger partial charge in [-0.15, -0.1) is 0 Å². The lowest BCUT2D eigenvalue weighted by atomic mass is 9.96. The number of anilines is 1. The second-order valence-corrected chi connectivity index (χ2v) is 8.95. The van der Waals surface area contributed by atoms with E-state index < -0.39 is 0 Å². The van der Waals surface area contributed by atoms with Crippen molar-refractivity contribution in [2.24, 2.45) is 5.92 Å². The number of rotatable bonds is 9. The number of ether oxygens (including phenoxy) is 5. The molecule has 0 aliphatic carbocycles. The van der Waals surface area contributed by atoms with E-state index in [1.807, 2.05) is 42.5 Å². The first-order valence-electron chi connectivity index (χ1n) is 12.2. The van der Waals surface area contributed by atoms with Gasteiger partial charge in [-0.1, -0.05) is 30.9 Å². The molecule has 2 aromatic rings. The van der Waals surface area contributed by atoms with Crippen molar-refractivity contribution in [1.82, 2.24) is 4.90 Å². The molecular weight excluding hydrogens is 448 g/mol. The van der Waals surface area contributed by atoms with Gasteiger partial charge in [-0.2, -0.15) is 0 Å². The van der Waals surface area contributed by atoms with Crippen molar-refractivity contribution in [3.63, 3.8) is 0 Å². The van der Waals surface area contributed by atoms with Gasteiger partial charge in [0.05, 0.1) is 26.3 Å². The van der Waals surface area contributed by atoms with E-state index in [9.17, 15) is 4.79 Å². The minimum absolute atomic E-state index is 0.0224. The fraction of sp³-hybridized carbons (Fsp3) is 0.444. The molecule has 3 heterocycles. The summed E-state index contributed by atoms with van der Waals surface area (Å²) < 4.78 is 28.3. The maximum atomic E-state index is 13.7. The molecule has 3 aliphatic heterocycles. The van der Waals surface area contributed by atoms with Crippen LogP contribution in [0.4, 0.5) is 5.69 Å². The minimum atomic E-state index is -0.0925. The highest BCUT2D eigenvalue weighted by atomic mass is 16.7. The predicted octanol–water partition coefficient (Wildman–Crippen LogP) is 3.60. The summed E-state index contributed by atoms with van der Waals surface area (Å²) in [5, 5.41) is 0. The molecule has 2 saturated heterocycles. The molecular formula is C27H32N2O6. The SMILES string of the molecule is C=CCOc1ccccc1CN(C(=O)CN1CCC(C2OCCO2)CC1)c1ccc2c(c1)OCO2. The second-order valence-electron chi connectivity index (χ2n) is 8.95. The molecule has 8 nitrogen and oxygen atoms in total. The van der Waals surface area contributed by atoms with Gasteiger partial charge in [0.2, 0.25) is 12.7 Å². The average Bonchev–Trinajstić information content (AvgIpc) is 3.59. The number of fused-ring (bicyclic) bond motifs is 1. The van der Waals surface area contributed by atoms with E-state index in [1.54, 1.807) is 11.0 Å². The van der Waals surface area contributed by atoms with E-state index in [2.05, 4.69) is 11.5 Å². The Morgan fingerprint density at radius 3 is 2.66 bits per heavy atom. The summed E-state index contributed by atoms with van der Waals surface area (Å²) in [6.07, 6.45) is 3.54. The van der Waals surface area contributed by atoms with Crippen LogP contribution in [0, 0.1) is 5.92 Å². The van der Waals surface area contributed by atoms with Gasteiger partial charge in [0.1, 0.15) is 12.4 Å². The minimum Gasteiger partial charge on any atom is -0.489 e. The molecule has 35 heavy (non-hydrogen) atoms. The molecule has 0 bridgehead atoms. The van der Waals surface area contributed by atoms with Gasteiger partial charge in [-0.05, 0) is 44.1 Å². The number of nitrogens with zero attached hydrogens (tertiary/aromatic N) is 2. The van der Waals surface area contributed by atoms with Crippen LogP contribution in [-0.2, 0) is 20.8 Å². The Morgan fingerprint density at radius 1 is 1.09 bits per heavy atom. The van der Waals surface area contributed by atoms with Crippen LogP contribution < -0.4 is 19.1 Å². The maximum absolute atomic E-state index is 13.7. The summed E-state index contributed by atoms with van der Waals surface area (Å²) in [5.41, 5.74) is 1.69. The van der Waals surface area contributed by atoms with Gasteiger partial charge in [0.15, 0.2) is 17.8 Å². The Labute approximate surface area is 206 Å². The summed E-state index contributed by atoms with van der Waals surface area (Å²) >= 11 is 0. The first-order valence-corrected chi connectivity index (χ1v) is 12.2. The van der Waals surface area contributed by atoms with E-state index in [0.717, 1.165) is 42.9 Å². The lowest BCUT2D eigenvalue weighted by Crippen LogP contribution is -2.44. The van der Waals surface area contributed by atoms with Gasteiger partial charge < -0.3 is 28.6 Å². The van der Waals surface area contributed by atoms with Crippen LogP contribution in [0.1, 0.15) is 18.4 Å². The first kappa shape index (κ1) is 23.7. The summed E-state index contributed by atoms with van der Waals surface area (Å²) in [4.78, 5) is 17.7. The van der Waals surface area contributed by atoms with Crippen molar-refractivity contribution in [2.75, 3.05) is 51.1 Å². The van der Waals surface area contributed by atoms with Crippen molar-refractivity contribution in [1.29, 1.82) is 0 Å². The number of carbonyl (C=O) groups is 1. The summed E-state index contributed by atoms with van der Waals surface area (Å²) in [6.45, 7) is 8.07. The molecule has 3 aliphatic rings. The van der Waals surface area contributed by atoms with E-state index in [1.165, 1.54) is 0 Å². The number of piperidine rings is 1. The summed E-state index contributed by atoms with van der Waals surface area (Å²) in [6, 6.07) is 13.4. The van der Waals surface area contributed by atoms with Crippen LogP contribution >= 0.6 is 0 Å². The van der Waals surface area contributed by atoms with E-state index in [-0.39, 0.29) is 19.0 Å². The van der Waals surface area contributed by atoms with Crippen LogP contribution in [0.3, 0.4) is 0 Å². The average molecular weight is 481 g/mol. The third kappa shape index (κ3) is 5.61. The first-order chi connectivity index (χ1) is 17.2. The monoisotopic (exact) mass is 480 g/mol. The largest absolute Gasteiger partial charge is 0.489 e. The molecule has 0 spiro atoms. The van der Waals surface area contributed by atoms with Crippen LogP contribution in [-0.4, -0.2) is 63.3 Å². The van der Waals surface area contributed by atoms with Gasteiger partial charge in [-0.3, -0.25) is 9.69 Å². The van der Waals surface area contributed by atoms with Crippen molar-refractivity contribution >= 4 is 11.6 Å². The van der Waals surface area contributed by atoms with Gasteiger partial charge in [0.25, 0.3) is 0 Å². The third-order valence-corrected chi connectivity index (χ3v) is 6.65. The number of carbonyl (C=O) groups excluding carboxylic acids is 1. The molecule has 2 fully saturated rings. The summed E-state index contributed by atoms with van der Waals surface area (Å²) in [7, 11) is 0. The van der Waals surface area contributed by atoms with Crippen LogP contribution in [0.2, 0.25) is 0 Å². The standard InChI is InChI=1S/C27H32N2O6/c1-2-13-31-23-6-4-3-5-21(23)17-29(22-7-8-24-25(16-22)35-19-34-24)26(30)18-28-11-9-20(10-12-28)27-32-14-15-33-27/h2-8,16,20,27H,1,9-15,17-19H2. The number of hydrogen-bond acceptors (Lipinski definition) is 7. The molecule has 0 atom stereocenters. The van der Waals surface area contributed by atoms with Crippen molar-refractivity contribution < 1.29 is 28.5 Å². The Hall–Kier alpha value is -3.07. The number of amides is 1. The molecule has 186 valence electrons. The fourth-order valence-corrected chi connectivity index (χ4v) is 4.78. The molecule has 0 aromatic heterocycles. The molecule has 0 N–H and O–H groups in total. The Balaban J connectivity index is 1.31. The molecule has 5 rings (SSSR count). The highest BCUT2D eigenvalue weighted by molar-refractivity contribution is 5.95. The van der Waals surface area contributed by atoms with Crippen LogP contribution in [0.5, 0.6) is 17.2 Å². The van der Waals surface area contributed by atoms with Crippen LogP contribution in [0.15, 0.2) is 55.1 Å². The number of likely N-dealkylation sites (tertiary alicyclic amines) is 1. The zero-order valence-electron chi connectivity index (χ0n) is 19.9. The van der Waals surface area contributed by atoms with Gasteiger partial charge in [-0.25, -0.2) is 0 Å². The number of benzene rings is 2. The van der Waals surface area contributed by atoms with E-state index in [4.69, 9.17) is 23.7 Å². The topological polar surface area (TPSA) is 69.7 Å². The fourth-order valence-electron chi connectivity index (χ4n) is 4.78. The second kappa shape index (κ2) is 11.1. The molecule has 2 aromatic carbocycles. The van der Waals surface area contributed by atoms with E-state index in [0.29, 0.717) is 50.3 Å². The molecule has 1 amide bonds. The highest BCUT2D eigenvalue weighted by Gasteiger charge is 2.32. The van der Waals surface area contributed by atoms with E-state index >= 15 is 0 Å². The summed E-state index contributed by atoms with van der Waals surface area (Å²) in [5.74, 6) is 2.49. The zero-order valence-corrected chi connectivity index (χ0v) is 19.9. The normalized spacial score (nSPS) is 18.5. The lowest BCUT2D eigenvalue weighted by molar-refractivity contribution is -0.121. The molecule has 0 radical (unpaired) electrons. The molecule has 0 saturated carbocycles. The molecule has 8 heteroatoms. The molecule has 0 unspecified atom stereocenters. The third-order valence-electron chi connectivity index (χ3n) is 6.65. The quantitative estimate of drug-likeness (QED) is 0.508. The van der Waals surface area contributed by atoms with Crippen molar-refractivity contribution in [3.8, 4) is 17.2 Å². The predicted molar refractivity (Wildman–Crippen MR) is 131 cm³/mol. The van der Waals surface area contributed by atoms with Gasteiger partial charge >= 0.3 is 0 Å². The maximum Gasteiger partial charge on any atom is 0.241 e. The zero-order chi connectivity index (χ0) is 24.0. The Morgan fingerprint density at radius 2 is 1.86 bits per heavy atom.